The van der Waals surface area contributed by atoms with Crippen molar-refractivity contribution < 1.29 is 20.1 Å². The van der Waals surface area contributed by atoms with E-state index in [0.717, 1.165) is 11.6 Å². The molecule has 0 aliphatic rings. The molecule has 0 aliphatic carbocycles. The Morgan fingerprint density at radius 3 is 1.73 bits per heavy atom. The number of aryl methyl sites for hydroxylation is 3. The third-order valence-corrected chi connectivity index (χ3v) is 1.98. The predicted octanol–water partition coefficient (Wildman–Crippen LogP) is 1.33. The molecule has 0 unspecified atom stereocenters. The van der Waals surface area contributed by atoms with E-state index in [1.54, 1.807) is 12.4 Å². The van der Waals surface area contributed by atoms with Crippen molar-refractivity contribution in [3.05, 3.63) is 43.4 Å². The first-order valence-electron chi connectivity index (χ1n) is 4.34. The van der Waals surface area contributed by atoms with Gasteiger partial charge in [0, 0.05) is 59.0 Å². The molecule has 85 valence electrons. The smallest absolute Gasteiger partial charge is 0.105 e. The molecule has 5 heteroatoms. The van der Waals surface area contributed by atoms with E-state index in [9.17, 15) is 0 Å². The average molecular weight is 383 g/mol. The molecule has 0 aliphatic heterocycles. The van der Waals surface area contributed by atoms with Crippen LogP contribution >= 0.6 is 0 Å². The fraction of sp³-hybridized carbons (Fsp3) is 0.300. The van der Waals surface area contributed by atoms with Gasteiger partial charge in [0.25, 0.3) is 0 Å². The monoisotopic (exact) mass is 384 g/mol. The minimum atomic E-state index is 0. The Kier molecular flexibility index (Phi) is 5.97. The maximum Gasteiger partial charge on any atom is 0.105 e. The fourth-order valence-electron chi connectivity index (χ4n) is 0.837. The molecule has 2 aromatic rings. The van der Waals surface area contributed by atoms with Crippen molar-refractivity contribution >= 4 is 0 Å². The van der Waals surface area contributed by atoms with E-state index in [1.807, 2.05) is 42.5 Å². The number of imidazole rings is 2. The minimum Gasteiger partial charge on any atom is -0.364 e. The van der Waals surface area contributed by atoms with Gasteiger partial charge in [0.05, 0.1) is 0 Å². The number of hydrogen-bond donors (Lipinski definition) is 0. The first kappa shape index (κ1) is 13.9. The SMILES string of the molecule is Cc1nccn1C.[CH2-]c1nccn1C.[Ir]. The van der Waals surface area contributed by atoms with Crippen LogP contribution in [-0.4, -0.2) is 19.1 Å². The van der Waals surface area contributed by atoms with Gasteiger partial charge >= 0.3 is 0 Å². The van der Waals surface area contributed by atoms with Gasteiger partial charge in [-0.05, 0) is 12.7 Å². The Hall–Kier alpha value is -1.06. The Morgan fingerprint density at radius 1 is 1.07 bits per heavy atom. The van der Waals surface area contributed by atoms with Crippen molar-refractivity contribution in [2.45, 2.75) is 6.92 Å². The molecular weight excluding hydrogens is 368 g/mol. The molecule has 15 heavy (non-hydrogen) atoms. The molecule has 0 fully saturated rings. The first-order valence-corrected chi connectivity index (χ1v) is 4.34. The van der Waals surface area contributed by atoms with Gasteiger partial charge in [-0.3, -0.25) is 4.98 Å². The van der Waals surface area contributed by atoms with Crippen LogP contribution in [0.2, 0.25) is 0 Å². The van der Waals surface area contributed by atoms with Crippen LogP contribution in [-0.2, 0) is 34.2 Å². The summed E-state index contributed by atoms with van der Waals surface area (Å²) in [7, 11) is 3.89. The Balaban J connectivity index is 0.000000245. The van der Waals surface area contributed by atoms with Gasteiger partial charge in [-0.15, -0.1) is 0 Å². The standard InChI is InChI=1S/C5H8N2.C5H7N2.Ir/c2*1-5-6-3-4-7(5)2;/h3-4H,1-2H3;3-4H,1H2,2H3;/q;-1;. The first-order chi connectivity index (χ1) is 6.61. The summed E-state index contributed by atoms with van der Waals surface area (Å²) in [6.45, 7) is 5.60. The number of nitrogens with zero attached hydrogens (tertiary/aromatic N) is 4. The molecule has 0 saturated carbocycles. The molecule has 0 amide bonds. The number of hydrogen-bond acceptors (Lipinski definition) is 2. The van der Waals surface area contributed by atoms with Crippen LogP contribution in [0.15, 0.2) is 24.8 Å². The van der Waals surface area contributed by atoms with Gasteiger partial charge in [0.15, 0.2) is 0 Å². The summed E-state index contributed by atoms with van der Waals surface area (Å²) < 4.78 is 3.83. The second-order valence-corrected chi connectivity index (χ2v) is 3.04. The molecule has 0 atom stereocenters. The molecule has 2 heterocycles. The van der Waals surface area contributed by atoms with Crippen molar-refractivity contribution in [3.63, 3.8) is 0 Å². The van der Waals surface area contributed by atoms with Crippen molar-refractivity contribution in [1.82, 2.24) is 19.1 Å². The molecule has 1 radical (unpaired) electrons. The van der Waals surface area contributed by atoms with Crippen LogP contribution in [0.25, 0.3) is 0 Å². The molecule has 2 rings (SSSR count). The third kappa shape index (κ3) is 4.32. The molecule has 0 aromatic carbocycles. The van der Waals surface area contributed by atoms with E-state index in [4.69, 9.17) is 0 Å². The third-order valence-electron chi connectivity index (χ3n) is 1.98. The van der Waals surface area contributed by atoms with E-state index in [1.165, 1.54) is 0 Å². The summed E-state index contributed by atoms with van der Waals surface area (Å²) in [5.74, 6) is 1.86. The second-order valence-electron chi connectivity index (χ2n) is 3.04. The van der Waals surface area contributed by atoms with Crippen LogP contribution < -0.4 is 0 Å². The van der Waals surface area contributed by atoms with Crippen molar-refractivity contribution in [1.29, 1.82) is 0 Å². The topological polar surface area (TPSA) is 35.6 Å². The molecule has 0 spiro atoms. The van der Waals surface area contributed by atoms with E-state index < -0.39 is 0 Å². The van der Waals surface area contributed by atoms with E-state index in [0.29, 0.717) is 0 Å². The maximum atomic E-state index is 3.98. The fourth-order valence-corrected chi connectivity index (χ4v) is 0.837. The van der Waals surface area contributed by atoms with Crippen LogP contribution in [0.3, 0.4) is 0 Å². The summed E-state index contributed by atoms with van der Waals surface area (Å²) in [6, 6.07) is 0. The summed E-state index contributed by atoms with van der Waals surface area (Å²) in [6.07, 6.45) is 7.30. The Labute approximate surface area is 104 Å². The zero-order chi connectivity index (χ0) is 10.6. The average Bonchev–Trinajstić information content (AvgIpc) is 2.67. The van der Waals surface area contributed by atoms with Gasteiger partial charge < -0.3 is 16.1 Å². The molecule has 4 nitrogen and oxygen atoms in total. The quantitative estimate of drug-likeness (QED) is 0.644. The van der Waals surface area contributed by atoms with Crippen molar-refractivity contribution in [2.24, 2.45) is 14.1 Å². The largest absolute Gasteiger partial charge is 0.364 e. The molecule has 0 saturated heterocycles. The van der Waals surface area contributed by atoms with Gasteiger partial charge in [-0.25, -0.2) is 4.98 Å². The van der Waals surface area contributed by atoms with Crippen molar-refractivity contribution in [3.8, 4) is 0 Å². The normalized spacial score (nSPS) is 8.73. The Bertz CT molecular complexity index is 320. The van der Waals surface area contributed by atoms with E-state index >= 15 is 0 Å². The zero-order valence-electron chi connectivity index (χ0n) is 9.14. The van der Waals surface area contributed by atoms with Crippen LogP contribution in [0.5, 0.6) is 0 Å². The number of rotatable bonds is 0. The van der Waals surface area contributed by atoms with Crippen LogP contribution in [0, 0.1) is 13.8 Å². The summed E-state index contributed by atoms with van der Waals surface area (Å²) in [5, 5.41) is 0. The summed E-state index contributed by atoms with van der Waals surface area (Å²) in [4.78, 5) is 7.85. The minimum absolute atomic E-state index is 0. The zero-order valence-corrected chi connectivity index (χ0v) is 11.5. The summed E-state index contributed by atoms with van der Waals surface area (Å²) in [5.41, 5.74) is 0. The predicted molar refractivity (Wildman–Crippen MR) is 55.6 cm³/mol. The van der Waals surface area contributed by atoms with Crippen LogP contribution in [0.1, 0.15) is 11.6 Å². The second kappa shape index (κ2) is 6.43. The molecule has 0 bridgehead atoms. The van der Waals surface area contributed by atoms with Crippen LogP contribution in [0.4, 0.5) is 0 Å². The number of aromatic nitrogens is 4. The van der Waals surface area contributed by atoms with E-state index in [2.05, 4.69) is 16.9 Å². The van der Waals surface area contributed by atoms with Gasteiger partial charge in [0.1, 0.15) is 5.82 Å². The van der Waals surface area contributed by atoms with Gasteiger partial charge in [-0.1, -0.05) is 0 Å². The molecule has 0 N–H and O–H groups in total. The van der Waals surface area contributed by atoms with Gasteiger partial charge in [0.2, 0.25) is 0 Å². The summed E-state index contributed by atoms with van der Waals surface area (Å²) >= 11 is 0. The maximum absolute atomic E-state index is 3.98. The Morgan fingerprint density at radius 2 is 1.60 bits per heavy atom. The molecule has 2 aromatic heterocycles. The van der Waals surface area contributed by atoms with Gasteiger partial charge in [-0.2, -0.15) is 0 Å². The van der Waals surface area contributed by atoms with Crippen molar-refractivity contribution in [2.75, 3.05) is 0 Å². The van der Waals surface area contributed by atoms with E-state index in [-0.39, 0.29) is 20.1 Å². The molecular formula is C10H15IrN4-.